The number of nitrogens with zero attached hydrogens (tertiary/aromatic N) is 1. The van der Waals surface area contributed by atoms with Crippen LogP contribution in [0.5, 0.6) is 5.75 Å². The molecule has 1 aromatic carbocycles. The number of hydrogen-bond acceptors (Lipinski definition) is 1. The van der Waals surface area contributed by atoms with E-state index in [0.717, 1.165) is 5.75 Å². The van der Waals surface area contributed by atoms with Crippen molar-refractivity contribution in [1.82, 2.24) is 0 Å². The van der Waals surface area contributed by atoms with E-state index in [4.69, 9.17) is 11.0 Å². The van der Waals surface area contributed by atoms with Crippen LogP contribution in [0.4, 0.5) is 5.69 Å². The van der Waals surface area contributed by atoms with Crippen LogP contribution in [0.15, 0.2) is 24.3 Å². The second-order valence-electron chi connectivity index (χ2n) is 5.47. The first-order valence-electron chi connectivity index (χ1n) is 5.43. The molecule has 0 heterocycles. The molecule has 16 heavy (non-hydrogen) atoms. The van der Waals surface area contributed by atoms with E-state index in [0.29, 0.717) is 5.69 Å². The number of benzene rings is 1. The third-order valence-corrected chi connectivity index (χ3v) is 7.50. The molecule has 0 spiro atoms. The Morgan fingerprint density at radius 1 is 1.12 bits per heavy atom. The Balaban J connectivity index is 2.85. The molecule has 0 aliphatic heterocycles. The lowest BCUT2D eigenvalue weighted by Crippen LogP contribution is -2.43. The van der Waals surface area contributed by atoms with Gasteiger partial charge in [-0.05, 0) is 30.3 Å². The second kappa shape index (κ2) is 4.30. The Bertz CT molecular complexity index is 395. The first kappa shape index (κ1) is 12.8. The lowest BCUT2D eigenvalue weighted by Gasteiger charge is -2.36. The molecule has 0 saturated carbocycles. The molecule has 0 N–H and O–H groups in total. The summed E-state index contributed by atoms with van der Waals surface area (Å²) < 4.78 is 6.10. The zero-order valence-corrected chi connectivity index (χ0v) is 11.7. The van der Waals surface area contributed by atoms with Gasteiger partial charge >= 0.3 is 0 Å². The van der Waals surface area contributed by atoms with Crippen LogP contribution in [-0.4, -0.2) is 8.32 Å². The highest BCUT2D eigenvalue weighted by molar-refractivity contribution is 6.74. The molecule has 0 fully saturated rings. The van der Waals surface area contributed by atoms with Crippen molar-refractivity contribution < 1.29 is 4.43 Å². The van der Waals surface area contributed by atoms with Crippen molar-refractivity contribution in [1.29, 1.82) is 0 Å². The van der Waals surface area contributed by atoms with E-state index in [2.05, 4.69) is 38.7 Å². The molecular formula is C13H19NOSi. The Kier molecular flexibility index (Phi) is 3.44. The van der Waals surface area contributed by atoms with Gasteiger partial charge in [-0.3, -0.25) is 0 Å². The molecular weight excluding hydrogens is 214 g/mol. The van der Waals surface area contributed by atoms with Gasteiger partial charge in [0.2, 0.25) is 8.32 Å². The van der Waals surface area contributed by atoms with Crippen molar-refractivity contribution in [3.63, 3.8) is 0 Å². The Morgan fingerprint density at radius 3 is 2.00 bits per heavy atom. The summed E-state index contributed by atoms with van der Waals surface area (Å²) in [5.74, 6) is 0.874. The highest BCUT2D eigenvalue weighted by Crippen LogP contribution is 2.37. The molecule has 0 radical (unpaired) electrons. The van der Waals surface area contributed by atoms with Crippen molar-refractivity contribution in [2.45, 2.75) is 38.9 Å². The number of rotatable bonds is 2. The van der Waals surface area contributed by atoms with Gasteiger partial charge in [0.25, 0.3) is 0 Å². The van der Waals surface area contributed by atoms with Crippen molar-refractivity contribution in [3.8, 4) is 5.75 Å². The molecule has 0 aromatic heterocycles. The number of hydrogen-bond donors (Lipinski definition) is 0. The van der Waals surface area contributed by atoms with E-state index < -0.39 is 8.32 Å². The molecule has 0 saturated heterocycles. The van der Waals surface area contributed by atoms with Gasteiger partial charge in [-0.25, -0.2) is 4.85 Å². The summed E-state index contributed by atoms with van der Waals surface area (Å²) >= 11 is 0. The molecule has 3 heteroatoms. The van der Waals surface area contributed by atoms with Crippen LogP contribution >= 0.6 is 0 Å². The largest absolute Gasteiger partial charge is 0.544 e. The minimum absolute atomic E-state index is 0.200. The van der Waals surface area contributed by atoms with Crippen molar-refractivity contribution in [2.75, 3.05) is 0 Å². The van der Waals surface area contributed by atoms with E-state index >= 15 is 0 Å². The Morgan fingerprint density at radius 2 is 1.62 bits per heavy atom. The van der Waals surface area contributed by atoms with Crippen LogP contribution in [0, 0.1) is 6.57 Å². The van der Waals surface area contributed by atoms with E-state index in [9.17, 15) is 0 Å². The lowest BCUT2D eigenvalue weighted by molar-refractivity contribution is 0.492. The minimum Gasteiger partial charge on any atom is -0.544 e. The van der Waals surface area contributed by atoms with Gasteiger partial charge < -0.3 is 4.43 Å². The molecule has 86 valence electrons. The SMILES string of the molecule is [C-]#[N+]c1ccc(O[Si](C)(C)C(C)(C)C)cc1. The molecule has 1 rings (SSSR count). The summed E-state index contributed by atoms with van der Waals surface area (Å²) in [6, 6.07) is 7.37. The van der Waals surface area contributed by atoms with Gasteiger partial charge in [-0.15, -0.1) is 0 Å². The van der Waals surface area contributed by atoms with Crippen LogP contribution in [0.1, 0.15) is 20.8 Å². The third kappa shape index (κ3) is 2.86. The van der Waals surface area contributed by atoms with Gasteiger partial charge in [0.15, 0.2) is 5.69 Å². The summed E-state index contributed by atoms with van der Waals surface area (Å²) in [5.41, 5.74) is 0.655. The summed E-state index contributed by atoms with van der Waals surface area (Å²) in [5, 5.41) is 0.200. The normalized spacial score (nSPS) is 12.0. The Labute approximate surface area is 99.2 Å². The Hall–Kier alpha value is -1.27. The van der Waals surface area contributed by atoms with Gasteiger partial charge in [-0.1, -0.05) is 32.9 Å². The maximum Gasteiger partial charge on any atom is 0.250 e. The maximum atomic E-state index is 6.89. The topological polar surface area (TPSA) is 13.6 Å². The van der Waals surface area contributed by atoms with Crippen LogP contribution in [-0.2, 0) is 0 Å². The summed E-state index contributed by atoms with van der Waals surface area (Å²) in [7, 11) is -1.75. The molecule has 0 aliphatic rings. The molecule has 0 amide bonds. The first-order chi connectivity index (χ1) is 7.26. The average molecular weight is 233 g/mol. The molecule has 0 bridgehead atoms. The van der Waals surface area contributed by atoms with Gasteiger partial charge in [0.05, 0.1) is 6.57 Å². The fourth-order valence-corrected chi connectivity index (χ4v) is 2.07. The lowest BCUT2D eigenvalue weighted by atomic mass is 10.2. The predicted octanol–water partition coefficient (Wildman–Crippen LogP) is 4.62. The third-order valence-electron chi connectivity index (χ3n) is 3.15. The van der Waals surface area contributed by atoms with Crippen molar-refractivity contribution in [2.24, 2.45) is 0 Å². The summed E-state index contributed by atoms with van der Waals surface area (Å²) in [4.78, 5) is 3.36. The van der Waals surface area contributed by atoms with Crippen LogP contribution in [0.3, 0.4) is 0 Å². The minimum atomic E-state index is -1.75. The average Bonchev–Trinajstić information content (AvgIpc) is 2.16. The molecule has 2 nitrogen and oxygen atoms in total. The maximum absolute atomic E-state index is 6.89. The first-order valence-corrected chi connectivity index (χ1v) is 8.34. The standard InChI is InChI=1S/C13H19NOSi/c1-13(2,3)16(5,6)15-12-9-7-11(14-4)8-10-12/h7-10H,1-3,5-6H3. The summed E-state index contributed by atoms with van der Waals surface area (Å²) in [6.45, 7) is 18.0. The van der Waals surface area contributed by atoms with E-state index in [1.807, 2.05) is 12.1 Å². The van der Waals surface area contributed by atoms with E-state index in [-0.39, 0.29) is 5.04 Å². The fraction of sp³-hybridized carbons (Fsp3) is 0.462. The smallest absolute Gasteiger partial charge is 0.250 e. The molecule has 0 atom stereocenters. The second-order valence-corrected chi connectivity index (χ2v) is 10.2. The van der Waals surface area contributed by atoms with Gasteiger partial charge in [-0.2, -0.15) is 0 Å². The van der Waals surface area contributed by atoms with Crippen LogP contribution < -0.4 is 4.43 Å². The summed E-state index contributed by atoms with van der Waals surface area (Å²) in [6.07, 6.45) is 0. The molecule has 0 unspecified atom stereocenters. The van der Waals surface area contributed by atoms with Crippen molar-refractivity contribution >= 4 is 14.0 Å². The zero-order valence-electron chi connectivity index (χ0n) is 10.7. The van der Waals surface area contributed by atoms with E-state index in [1.54, 1.807) is 12.1 Å². The zero-order chi connectivity index (χ0) is 12.4. The predicted molar refractivity (Wildman–Crippen MR) is 70.5 cm³/mol. The highest BCUT2D eigenvalue weighted by Gasteiger charge is 2.38. The van der Waals surface area contributed by atoms with Crippen molar-refractivity contribution in [3.05, 3.63) is 35.7 Å². The van der Waals surface area contributed by atoms with Crippen LogP contribution in [0.25, 0.3) is 4.85 Å². The van der Waals surface area contributed by atoms with Gasteiger partial charge in [0.1, 0.15) is 5.75 Å². The molecule has 0 aliphatic carbocycles. The van der Waals surface area contributed by atoms with Gasteiger partial charge in [0, 0.05) is 0 Å². The molecule has 1 aromatic rings. The quantitative estimate of drug-likeness (QED) is 0.537. The van der Waals surface area contributed by atoms with E-state index in [1.165, 1.54) is 0 Å². The highest BCUT2D eigenvalue weighted by atomic mass is 28.4. The fourth-order valence-electron chi connectivity index (χ4n) is 1.04. The monoisotopic (exact) mass is 233 g/mol. The van der Waals surface area contributed by atoms with Crippen LogP contribution in [0.2, 0.25) is 18.1 Å².